The Morgan fingerprint density at radius 2 is 2.11 bits per heavy atom. The quantitative estimate of drug-likeness (QED) is 0.321. The monoisotopic (exact) mass is 532 g/mol. The van der Waals surface area contributed by atoms with Crippen molar-refractivity contribution < 1.29 is 9.53 Å². The maximum Gasteiger partial charge on any atom is 0.247 e. The van der Waals surface area contributed by atoms with Gasteiger partial charge in [-0.1, -0.05) is 24.2 Å². The van der Waals surface area contributed by atoms with Crippen LogP contribution in [0, 0.1) is 0 Å². The molecule has 5 rings (SSSR count). The van der Waals surface area contributed by atoms with Gasteiger partial charge in [-0.15, -0.1) is 0 Å². The zero-order chi connectivity index (χ0) is 26.8. The molecule has 1 fully saturated rings. The predicted octanol–water partition coefficient (Wildman–Crippen LogP) is 4.46. The molecule has 0 saturated carbocycles. The van der Waals surface area contributed by atoms with Crippen LogP contribution < -0.4 is 20.3 Å². The average Bonchev–Trinajstić information content (AvgIpc) is 3.58. The normalized spacial score (nSPS) is 15.2. The van der Waals surface area contributed by atoms with Crippen LogP contribution in [0.5, 0.6) is 5.75 Å². The fourth-order valence-corrected chi connectivity index (χ4v) is 4.81. The Labute approximate surface area is 225 Å². The van der Waals surface area contributed by atoms with Crippen LogP contribution in [0.25, 0.3) is 16.8 Å². The number of likely N-dealkylation sites (N-methyl/N-ethyl adjacent to an activating group) is 1. The fraction of sp³-hybridized carbons (Fsp3) is 0.259. The fourth-order valence-electron chi connectivity index (χ4n) is 4.62. The van der Waals surface area contributed by atoms with Gasteiger partial charge in [-0.05, 0) is 44.8 Å². The molecule has 1 atom stereocenters. The van der Waals surface area contributed by atoms with Crippen molar-refractivity contribution in [1.82, 2.24) is 24.5 Å². The van der Waals surface area contributed by atoms with Gasteiger partial charge >= 0.3 is 0 Å². The Balaban J connectivity index is 1.52. The molecule has 0 unspecified atom stereocenters. The molecule has 1 saturated heterocycles. The number of hydrogen-bond donors (Lipinski definition) is 2. The average molecular weight is 533 g/mol. The lowest BCUT2D eigenvalue weighted by atomic mass is 10.2. The molecular weight excluding hydrogens is 504 g/mol. The first kappa shape index (κ1) is 25.5. The molecule has 1 aromatic carbocycles. The summed E-state index contributed by atoms with van der Waals surface area (Å²) in [4.78, 5) is 25.8. The minimum Gasteiger partial charge on any atom is -0.494 e. The first-order valence-electron chi connectivity index (χ1n) is 12.2. The molecule has 1 aliphatic heterocycles. The number of benzene rings is 1. The Hall–Kier alpha value is -4.15. The molecule has 3 aromatic heterocycles. The van der Waals surface area contributed by atoms with Crippen molar-refractivity contribution >= 4 is 46.0 Å². The van der Waals surface area contributed by atoms with Gasteiger partial charge in [0.1, 0.15) is 5.75 Å². The molecule has 4 aromatic rings. The molecule has 4 heterocycles. The number of anilines is 4. The van der Waals surface area contributed by atoms with Gasteiger partial charge in [0.25, 0.3) is 0 Å². The van der Waals surface area contributed by atoms with Crippen molar-refractivity contribution in [3.8, 4) is 17.0 Å². The highest BCUT2D eigenvalue weighted by Crippen LogP contribution is 2.40. The number of pyridine rings is 1. The zero-order valence-electron chi connectivity index (χ0n) is 21.5. The minimum atomic E-state index is -0.302. The van der Waals surface area contributed by atoms with E-state index in [0.29, 0.717) is 39.8 Å². The maximum atomic E-state index is 12.3. The standard InChI is InChI=1S/C27H29ClN8O2/c1-5-25(37)31-20-12-21(24(38-4)13-23(20)35-11-9-17(16-35)34(2)3)32-27-29-15-19(28)26(33-27)18-14-30-36-10-7-6-8-22(18)36/h5-8,10,12-15,17H,1,9,11,16H2,2-4H3,(H,31,37)(H,29,32,33)/t17-/m0/s1. The highest BCUT2D eigenvalue weighted by molar-refractivity contribution is 6.33. The number of ether oxygens (including phenoxy) is 1. The van der Waals surface area contributed by atoms with E-state index < -0.39 is 0 Å². The van der Waals surface area contributed by atoms with Crippen molar-refractivity contribution in [2.24, 2.45) is 0 Å². The zero-order valence-corrected chi connectivity index (χ0v) is 22.2. The van der Waals surface area contributed by atoms with Crippen LogP contribution in [0.1, 0.15) is 6.42 Å². The summed E-state index contributed by atoms with van der Waals surface area (Å²) < 4.78 is 7.50. The van der Waals surface area contributed by atoms with Crippen LogP contribution in [-0.4, -0.2) is 70.7 Å². The smallest absolute Gasteiger partial charge is 0.247 e. The summed E-state index contributed by atoms with van der Waals surface area (Å²) in [5.74, 6) is 0.602. The third-order valence-electron chi connectivity index (χ3n) is 6.67. The number of nitrogens with zero attached hydrogens (tertiary/aromatic N) is 6. The van der Waals surface area contributed by atoms with E-state index in [9.17, 15) is 4.79 Å². The van der Waals surface area contributed by atoms with E-state index in [-0.39, 0.29) is 5.91 Å². The molecule has 196 valence electrons. The number of carbonyl (C=O) groups is 1. The van der Waals surface area contributed by atoms with Gasteiger partial charge in [-0.2, -0.15) is 5.10 Å². The van der Waals surface area contributed by atoms with Crippen molar-refractivity contribution in [3.63, 3.8) is 0 Å². The minimum absolute atomic E-state index is 0.302. The Kier molecular flexibility index (Phi) is 7.17. The third-order valence-corrected chi connectivity index (χ3v) is 6.94. The molecule has 11 heteroatoms. The lowest BCUT2D eigenvalue weighted by molar-refractivity contribution is -0.111. The SMILES string of the molecule is C=CC(=O)Nc1cc(Nc2ncc(Cl)c(-c3cnn4ccccc34)n2)c(OC)cc1N1CC[C@H](N(C)C)C1. The number of rotatable bonds is 8. The molecule has 0 radical (unpaired) electrons. The molecule has 0 bridgehead atoms. The lowest BCUT2D eigenvalue weighted by Gasteiger charge is -2.25. The number of carbonyl (C=O) groups excluding carboxylic acids is 1. The van der Waals surface area contributed by atoms with Crippen LogP contribution in [0.15, 0.2) is 61.6 Å². The topological polar surface area (TPSA) is 99.9 Å². The first-order valence-corrected chi connectivity index (χ1v) is 12.5. The molecule has 10 nitrogen and oxygen atoms in total. The summed E-state index contributed by atoms with van der Waals surface area (Å²) in [6.45, 7) is 5.29. The number of nitrogens with one attached hydrogen (secondary N) is 2. The first-order chi connectivity index (χ1) is 18.4. The van der Waals surface area contributed by atoms with Crippen LogP contribution in [-0.2, 0) is 4.79 Å². The van der Waals surface area contributed by atoms with Gasteiger partial charge in [0.05, 0.1) is 52.8 Å². The summed E-state index contributed by atoms with van der Waals surface area (Å²) in [5, 5.41) is 11.0. The number of aromatic nitrogens is 4. The van der Waals surface area contributed by atoms with Crippen LogP contribution >= 0.6 is 11.6 Å². The largest absolute Gasteiger partial charge is 0.494 e. The molecule has 38 heavy (non-hydrogen) atoms. The van der Waals surface area contributed by atoms with E-state index >= 15 is 0 Å². The van der Waals surface area contributed by atoms with E-state index in [2.05, 4.69) is 56.2 Å². The number of methoxy groups -OCH3 is 1. The van der Waals surface area contributed by atoms with Gasteiger partial charge in [0.15, 0.2) is 0 Å². The Morgan fingerprint density at radius 3 is 2.84 bits per heavy atom. The van der Waals surface area contributed by atoms with Gasteiger partial charge in [-0.25, -0.2) is 14.5 Å². The molecule has 1 amide bonds. The van der Waals surface area contributed by atoms with Gasteiger partial charge in [0.2, 0.25) is 11.9 Å². The van der Waals surface area contributed by atoms with E-state index in [0.717, 1.165) is 36.3 Å². The highest BCUT2D eigenvalue weighted by atomic mass is 35.5. The van der Waals surface area contributed by atoms with Crippen molar-refractivity contribution in [2.45, 2.75) is 12.5 Å². The number of fused-ring (bicyclic) bond motifs is 1. The molecule has 0 spiro atoms. The lowest BCUT2D eigenvalue weighted by Crippen LogP contribution is -2.31. The molecule has 0 aliphatic carbocycles. The number of halogens is 1. The van der Waals surface area contributed by atoms with E-state index in [4.69, 9.17) is 16.3 Å². The van der Waals surface area contributed by atoms with Crippen LogP contribution in [0.3, 0.4) is 0 Å². The molecule has 1 aliphatic rings. The summed E-state index contributed by atoms with van der Waals surface area (Å²) >= 11 is 6.50. The highest BCUT2D eigenvalue weighted by Gasteiger charge is 2.27. The van der Waals surface area contributed by atoms with Crippen LogP contribution in [0.4, 0.5) is 23.0 Å². The van der Waals surface area contributed by atoms with Crippen LogP contribution in [0.2, 0.25) is 5.02 Å². The Morgan fingerprint density at radius 1 is 1.26 bits per heavy atom. The van der Waals surface area contributed by atoms with Crippen molar-refractivity contribution in [1.29, 1.82) is 0 Å². The van der Waals surface area contributed by atoms with Gasteiger partial charge in [-0.3, -0.25) is 4.79 Å². The summed E-state index contributed by atoms with van der Waals surface area (Å²) in [6, 6.07) is 9.94. The second-order valence-electron chi connectivity index (χ2n) is 9.22. The second kappa shape index (κ2) is 10.7. The van der Waals surface area contributed by atoms with E-state index in [1.165, 1.54) is 6.08 Å². The molecular formula is C27H29ClN8O2. The van der Waals surface area contributed by atoms with E-state index in [1.54, 1.807) is 24.0 Å². The van der Waals surface area contributed by atoms with Gasteiger partial charge in [0, 0.05) is 37.0 Å². The summed E-state index contributed by atoms with van der Waals surface area (Å²) in [6.07, 6.45) is 7.40. The summed E-state index contributed by atoms with van der Waals surface area (Å²) in [7, 11) is 5.76. The third kappa shape index (κ3) is 5.00. The van der Waals surface area contributed by atoms with E-state index in [1.807, 2.05) is 36.5 Å². The predicted molar refractivity (Wildman–Crippen MR) is 151 cm³/mol. The van der Waals surface area contributed by atoms with Gasteiger partial charge < -0.3 is 25.2 Å². The summed E-state index contributed by atoms with van der Waals surface area (Å²) in [5.41, 5.74) is 4.30. The van der Waals surface area contributed by atoms with Crippen molar-refractivity contribution in [3.05, 3.63) is 66.6 Å². The Bertz CT molecular complexity index is 1500. The van der Waals surface area contributed by atoms with Crippen molar-refractivity contribution in [2.75, 3.05) is 49.8 Å². The second-order valence-corrected chi connectivity index (χ2v) is 9.63. The number of hydrogen-bond acceptors (Lipinski definition) is 8. The maximum absolute atomic E-state index is 12.3. The number of amides is 1. The molecule has 2 N–H and O–H groups in total.